The van der Waals surface area contributed by atoms with Gasteiger partial charge in [-0.25, -0.2) is 13.8 Å². The molecule has 1 saturated heterocycles. The molecule has 2 heterocycles. The first kappa shape index (κ1) is 26.1. The number of carbonyl (C=O) groups is 1. The van der Waals surface area contributed by atoms with Gasteiger partial charge < -0.3 is 29.7 Å². The number of nitrogens with two attached hydrogens (primary N) is 1. The standard InChI is InChI=1S/C23H23F2N3O5.C2H6/c1-30-18-5-3-13(8-19(18)32-16-6-7-31-12-16)23-28-21(20(10-26)33-23)22(29)27-11-14-2-4-15(24)9-17(14)25;1-2/h2-5,8-9,16H,6-7,10-12,26H2,1H3,(H,27,29);1-2H3. The van der Waals surface area contributed by atoms with E-state index in [0.29, 0.717) is 30.3 Å². The highest BCUT2D eigenvalue weighted by Gasteiger charge is 2.23. The van der Waals surface area contributed by atoms with Crippen molar-refractivity contribution in [3.05, 3.63) is 65.1 Å². The quantitative estimate of drug-likeness (QED) is 0.488. The molecule has 4 rings (SSSR count). The van der Waals surface area contributed by atoms with Crippen molar-refractivity contribution in [2.45, 2.75) is 39.5 Å². The number of ether oxygens (including phenoxy) is 3. The number of aromatic nitrogens is 1. The Balaban J connectivity index is 0.00000167. The van der Waals surface area contributed by atoms with E-state index < -0.39 is 17.5 Å². The van der Waals surface area contributed by atoms with Crippen molar-refractivity contribution in [2.75, 3.05) is 20.3 Å². The van der Waals surface area contributed by atoms with E-state index in [1.165, 1.54) is 13.2 Å². The Hall–Kier alpha value is -3.50. The summed E-state index contributed by atoms with van der Waals surface area (Å²) in [6, 6.07) is 8.27. The zero-order valence-corrected chi connectivity index (χ0v) is 19.9. The summed E-state index contributed by atoms with van der Waals surface area (Å²) in [5.41, 5.74) is 6.42. The lowest BCUT2D eigenvalue weighted by molar-refractivity contribution is 0.0944. The van der Waals surface area contributed by atoms with Crippen LogP contribution < -0.4 is 20.5 Å². The Morgan fingerprint density at radius 3 is 2.66 bits per heavy atom. The molecule has 1 atom stereocenters. The van der Waals surface area contributed by atoms with Gasteiger partial charge in [0, 0.05) is 30.2 Å². The van der Waals surface area contributed by atoms with Crippen LogP contribution in [0.15, 0.2) is 40.8 Å². The van der Waals surface area contributed by atoms with Gasteiger partial charge in [-0.15, -0.1) is 0 Å². The van der Waals surface area contributed by atoms with Crippen LogP contribution in [0.4, 0.5) is 8.78 Å². The monoisotopic (exact) mass is 489 g/mol. The average Bonchev–Trinajstić information content (AvgIpc) is 3.54. The molecule has 0 spiro atoms. The molecule has 10 heteroatoms. The molecule has 1 aliphatic heterocycles. The molecule has 1 amide bonds. The molecule has 0 aliphatic carbocycles. The fourth-order valence-electron chi connectivity index (χ4n) is 3.40. The smallest absolute Gasteiger partial charge is 0.273 e. The molecule has 188 valence electrons. The number of halogens is 2. The number of amides is 1. The minimum absolute atomic E-state index is 0.0162. The van der Waals surface area contributed by atoms with E-state index in [1.54, 1.807) is 18.2 Å². The third-order valence-electron chi connectivity index (χ3n) is 5.14. The predicted molar refractivity (Wildman–Crippen MR) is 125 cm³/mol. The highest BCUT2D eigenvalue weighted by molar-refractivity contribution is 5.93. The van der Waals surface area contributed by atoms with E-state index >= 15 is 0 Å². The van der Waals surface area contributed by atoms with Crippen LogP contribution in [0, 0.1) is 11.6 Å². The minimum atomic E-state index is -0.756. The van der Waals surface area contributed by atoms with Gasteiger partial charge >= 0.3 is 0 Å². The first-order valence-electron chi connectivity index (χ1n) is 11.3. The summed E-state index contributed by atoms with van der Waals surface area (Å²) in [5.74, 6) is -0.673. The van der Waals surface area contributed by atoms with E-state index in [2.05, 4.69) is 10.3 Å². The van der Waals surface area contributed by atoms with Crippen molar-refractivity contribution in [1.82, 2.24) is 10.3 Å². The molecule has 1 fully saturated rings. The van der Waals surface area contributed by atoms with Crippen molar-refractivity contribution in [2.24, 2.45) is 5.73 Å². The SMILES string of the molecule is CC.COc1ccc(-c2nc(C(=O)NCc3ccc(F)cc3F)c(CN)o2)cc1OC1CCOC1. The van der Waals surface area contributed by atoms with E-state index in [1.807, 2.05) is 13.8 Å². The van der Waals surface area contributed by atoms with Crippen molar-refractivity contribution in [1.29, 1.82) is 0 Å². The molecule has 1 aliphatic rings. The third-order valence-corrected chi connectivity index (χ3v) is 5.14. The molecule has 3 N–H and O–H groups in total. The van der Waals surface area contributed by atoms with Crippen LogP contribution in [0.2, 0.25) is 0 Å². The van der Waals surface area contributed by atoms with Gasteiger partial charge in [-0.05, 0) is 24.3 Å². The lowest BCUT2D eigenvalue weighted by atomic mass is 10.2. The summed E-state index contributed by atoms with van der Waals surface area (Å²) < 4.78 is 49.4. The Bertz CT molecular complexity index is 1150. The van der Waals surface area contributed by atoms with Gasteiger partial charge in [0.05, 0.1) is 26.9 Å². The van der Waals surface area contributed by atoms with Gasteiger partial charge in [0.25, 0.3) is 5.91 Å². The molecule has 8 nitrogen and oxygen atoms in total. The largest absolute Gasteiger partial charge is 0.493 e. The van der Waals surface area contributed by atoms with Gasteiger partial charge in [-0.2, -0.15) is 0 Å². The van der Waals surface area contributed by atoms with E-state index in [4.69, 9.17) is 24.4 Å². The average molecular weight is 490 g/mol. The zero-order chi connectivity index (χ0) is 25.4. The molecule has 35 heavy (non-hydrogen) atoms. The highest BCUT2D eigenvalue weighted by Crippen LogP contribution is 2.34. The van der Waals surface area contributed by atoms with Crippen LogP contribution in [-0.2, 0) is 17.8 Å². The second-order valence-corrected chi connectivity index (χ2v) is 7.38. The van der Waals surface area contributed by atoms with Gasteiger partial charge in [-0.1, -0.05) is 19.9 Å². The second-order valence-electron chi connectivity index (χ2n) is 7.38. The molecule has 0 radical (unpaired) electrons. The van der Waals surface area contributed by atoms with Crippen molar-refractivity contribution in [3.63, 3.8) is 0 Å². The third kappa shape index (κ3) is 6.34. The van der Waals surface area contributed by atoms with Gasteiger partial charge in [0.15, 0.2) is 23.0 Å². The number of carbonyl (C=O) groups excluding carboxylic acids is 1. The molecular formula is C25H29F2N3O5. The van der Waals surface area contributed by atoms with Crippen molar-refractivity contribution >= 4 is 5.91 Å². The first-order valence-corrected chi connectivity index (χ1v) is 11.3. The van der Waals surface area contributed by atoms with Crippen LogP contribution in [-0.4, -0.2) is 37.3 Å². The lowest BCUT2D eigenvalue weighted by Crippen LogP contribution is -2.25. The Morgan fingerprint density at radius 1 is 1.20 bits per heavy atom. The molecular weight excluding hydrogens is 460 g/mol. The van der Waals surface area contributed by atoms with Crippen LogP contribution in [0.3, 0.4) is 0 Å². The number of hydrogen-bond acceptors (Lipinski definition) is 7. The van der Waals surface area contributed by atoms with E-state index in [-0.39, 0.29) is 42.1 Å². The van der Waals surface area contributed by atoms with Crippen molar-refractivity contribution in [3.8, 4) is 23.0 Å². The summed E-state index contributed by atoms with van der Waals surface area (Å²) in [6.07, 6.45) is 0.675. The zero-order valence-electron chi connectivity index (χ0n) is 19.9. The van der Waals surface area contributed by atoms with Crippen LogP contribution in [0.5, 0.6) is 11.5 Å². The minimum Gasteiger partial charge on any atom is -0.493 e. The molecule has 0 saturated carbocycles. The number of hydrogen-bond donors (Lipinski definition) is 2. The Morgan fingerprint density at radius 2 is 2.00 bits per heavy atom. The maximum Gasteiger partial charge on any atom is 0.273 e. The molecule has 3 aromatic rings. The Kier molecular flexibility index (Phi) is 9.16. The normalized spacial score (nSPS) is 14.7. The molecule has 2 aromatic carbocycles. The maximum atomic E-state index is 13.8. The number of benzene rings is 2. The summed E-state index contributed by atoms with van der Waals surface area (Å²) in [5, 5.41) is 2.55. The fourth-order valence-corrected chi connectivity index (χ4v) is 3.40. The summed E-state index contributed by atoms with van der Waals surface area (Å²) in [4.78, 5) is 17.0. The van der Waals surface area contributed by atoms with E-state index in [9.17, 15) is 13.6 Å². The number of oxazole rings is 1. The number of rotatable bonds is 8. The van der Waals surface area contributed by atoms with Crippen molar-refractivity contribution < 1.29 is 32.2 Å². The van der Waals surface area contributed by atoms with Gasteiger partial charge in [0.1, 0.15) is 17.7 Å². The van der Waals surface area contributed by atoms with Gasteiger partial charge in [0.2, 0.25) is 5.89 Å². The first-order chi connectivity index (χ1) is 17.0. The second kappa shape index (κ2) is 12.3. The predicted octanol–water partition coefficient (Wildman–Crippen LogP) is 4.21. The lowest BCUT2D eigenvalue weighted by Gasteiger charge is -2.15. The summed E-state index contributed by atoms with van der Waals surface area (Å²) in [7, 11) is 1.54. The maximum absolute atomic E-state index is 13.8. The highest BCUT2D eigenvalue weighted by atomic mass is 19.1. The summed E-state index contributed by atoms with van der Waals surface area (Å²) >= 11 is 0. The topological polar surface area (TPSA) is 109 Å². The molecule has 1 aromatic heterocycles. The fraction of sp³-hybridized carbons (Fsp3) is 0.360. The number of methoxy groups -OCH3 is 1. The molecule has 1 unspecified atom stereocenters. The van der Waals surface area contributed by atoms with Crippen LogP contribution in [0.1, 0.15) is 42.1 Å². The number of nitrogens with one attached hydrogen (secondary N) is 1. The van der Waals surface area contributed by atoms with Crippen LogP contribution in [0.25, 0.3) is 11.5 Å². The number of nitrogens with zero attached hydrogens (tertiary/aromatic N) is 1. The van der Waals surface area contributed by atoms with Gasteiger partial charge in [-0.3, -0.25) is 4.79 Å². The Labute approximate surface area is 202 Å². The van der Waals surface area contributed by atoms with Crippen LogP contribution >= 0.6 is 0 Å². The van der Waals surface area contributed by atoms with E-state index in [0.717, 1.165) is 18.6 Å². The molecule has 0 bridgehead atoms. The summed E-state index contributed by atoms with van der Waals surface area (Å²) in [6.45, 7) is 4.90.